The van der Waals surface area contributed by atoms with Crippen LogP contribution in [0.1, 0.15) is 45.6 Å². The molecular weight excluding hydrogens is 314 g/mol. The first kappa shape index (κ1) is 17.9. The molecule has 0 aliphatic carbocycles. The first-order valence-corrected chi connectivity index (χ1v) is 8.71. The number of rotatable bonds is 6. The third kappa shape index (κ3) is 5.61. The van der Waals surface area contributed by atoms with Crippen molar-refractivity contribution in [1.29, 1.82) is 0 Å². The van der Waals surface area contributed by atoms with Crippen LogP contribution in [0.2, 0.25) is 5.02 Å². The van der Waals surface area contributed by atoms with Crippen LogP contribution in [0, 0.1) is 5.92 Å². The summed E-state index contributed by atoms with van der Waals surface area (Å²) in [5, 5.41) is 3.54. The third-order valence-corrected chi connectivity index (χ3v) is 4.09. The maximum absolute atomic E-state index is 12.2. The minimum absolute atomic E-state index is 0.00631. The van der Waals surface area contributed by atoms with Gasteiger partial charge in [0.05, 0.1) is 24.7 Å². The highest BCUT2D eigenvalue weighted by molar-refractivity contribution is 6.32. The van der Waals surface area contributed by atoms with Gasteiger partial charge in [-0.05, 0) is 43.4 Å². The molecule has 1 unspecified atom stereocenters. The summed E-state index contributed by atoms with van der Waals surface area (Å²) in [6.07, 6.45) is 3.22. The molecule has 23 heavy (non-hydrogen) atoms. The monoisotopic (exact) mass is 339 g/mol. The van der Waals surface area contributed by atoms with Gasteiger partial charge in [-0.15, -0.1) is 0 Å². The Labute approximate surface area is 143 Å². The van der Waals surface area contributed by atoms with Crippen LogP contribution >= 0.6 is 11.6 Å². The fourth-order valence-electron chi connectivity index (χ4n) is 2.55. The van der Waals surface area contributed by atoms with Crippen LogP contribution in [0.15, 0.2) is 12.1 Å². The highest BCUT2D eigenvalue weighted by Crippen LogP contribution is 2.38. The Bertz CT molecular complexity index is 545. The molecule has 1 N–H and O–H groups in total. The maximum Gasteiger partial charge on any atom is 0.224 e. The third-order valence-electron chi connectivity index (χ3n) is 3.81. The zero-order chi connectivity index (χ0) is 16.8. The van der Waals surface area contributed by atoms with E-state index in [1.54, 1.807) is 6.07 Å². The van der Waals surface area contributed by atoms with Gasteiger partial charge in [-0.1, -0.05) is 25.4 Å². The fraction of sp³-hybridized carbons (Fsp3) is 0.611. The zero-order valence-electron chi connectivity index (χ0n) is 14.2. The predicted molar refractivity (Wildman–Crippen MR) is 92.4 cm³/mol. The SMILES string of the molecule is CC(C)CCC(C)NC(=O)Cc1cc(Cl)c2c(c1)OCCCO2. The molecule has 1 aromatic carbocycles. The Morgan fingerprint density at radius 1 is 1.22 bits per heavy atom. The number of fused-ring (bicyclic) bond motifs is 1. The van der Waals surface area contributed by atoms with Crippen LogP contribution in [0.25, 0.3) is 0 Å². The molecule has 4 nitrogen and oxygen atoms in total. The highest BCUT2D eigenvalue weighted by atomic mass is 35.5. The van der Waals surface area contributed by atoms with E-state index in [0.717, 1.165) is 24.8 Å². The summed E-state index contributed by atoms with van der Waals surface area (Å²) in [5.41, 5.74) is 0.841. The van der Waals surface area contributed by atoms with E-state index >= 15 is 0 Å². The van der Waals surface area contributed by atoms with Gasteiger partial charge in [0.15, 0.2) is 11.5 Å². The number of halogens is 1. The van der Waals surface area contributed by atoms with Gasteiger partial charge < -0.3 is 14.8 Å². The van der Waals surface area contributed by atoms with Crippen molar-refractivity contribution in [3.63, 3.8) is 0 Å². The van der Waals surface area contributed by atoms with Crippen molar-refractivity contribution >= 4 is 17.5 Å². The van der Waals surface area contributed by atoms with Gasteiger partial charge in [-0.2, -0.15) is 0 Å². The molecule has 0 saturated carbocycles. The molecule has 1 aliphatic heterocycles. The summed E-state index contributed by atoms with van der Waals surface area (Å²) >= 11 is 6.26. The maximum atomic E-state index is 12.2. The second kappa shape index (κ2) is 8.44. The van der Waals surface area contributed by atoms with E-state index < -0.39 is 0 Å². The molecule has 0 spiro atoms. The second-order valence-electron chi connectivity index (χ2n) is 6.57. The van der Waals surface area contributed by atoms with E-state index in [1.807, 2.05) is 13.0 Å². The van der Waals surface area contributed by atoms with Crippen molar-refractivity contribution in [2.24, 2.45) is 5.92 Å². The van der Waals surface area contributed by atoms with E-state index in [-0.39, 0.29) is 11.9 Å². The Hall–Kier alpha value is -1.42. The molecule has 1 amide bonds. The van der Waals surface area contributed by atoms with E-state index in [0.29, 0.717) is 42.1 Å². The Morgan fingerprint density at radius 2 is 1.96 bits per heavy atom. The second-order valence-corrected chi connectivity index (χ2v) is 6.98. The van der Waals surface area contributed by atoms with Gasteiger partial charge in [0.2, 0.25) is 5.91 Å². The molecule has 1 aromatic rings. The largest absolute Gasteiger partial charge is 0.489 e. The lowest BCUT2D eigenvalue weighted by Gasteiger charge is -2.16. The number of ether oxygens (including phenoxy) is 2. The Morgan fingerprint density at radius 3 is 2.70 bits per heavy atom. The first-order valence-electron chi connectivity index (χ1n) is 8.33. The number of nitrogens with one attached hydrogen (secondary N) is 1. The number of benzene rings is 1. The van der Waals surface area contributed by atoms with Gasteiger partial charge in [0.1, 0.15) is 0 Å². The van der Waals surface area contributed by atoms with E-state index in [1.165, 1.54) is 0 Å². The van der Waals surface area contributed by atoms with Crippen molar-refractivity contribution in [3.8, 4) is 11.5 Å². The zero-order valence-corrected chi connectivity index (χ0v) is 14.9. The molecular formula is C18H26ClNO3. The van der Waals surface area contributed by atoms with Crippen LogP contribution < -0.4 is 14.8 Å². The lowest BCUT2D eigenvalue weighted by atomic mass is 10.0. The summed E-state index contributed by atoms with van der Waals surface area (Å²) in [5.74, 6) is 1.87. The number of carbonyl (C=O) groups excluding carboxylic acids is 1. The predicted octanol–water partition coefficient (Wildman–Crippen LogP) is 3.98. The average Bonchev–Trinajstić information content (AvgIpc) is 2.70. The molecule has 1 aliphatic rings. The van der Waals surface area contributed by atoms with Crippen molar-refractivity contribution in [1.82, 2.24) is 5.32 Å². The standard InChI is InChI=1S/C18H26ClNO3/c1-12(2)5-6-13(3)20-17(21)11-14-9-15(19)18-16(10-14)22-7-4-8-23-18/h9-10,12-13H,4-8,11H2,1-3H3,(H,20,21). The summed E-state index contributed by atoms with van der Waals surface area (Å²) in [6.45, 7) is 7.62. The van der Waals surface area contributed by atoms with E-state index in [9.17, 15) is 4.79 Å². The molecule has 0 fully saturated rings. The van der Waals surface area contributed by atoms with Crippen molar-refractivity contribution in [2.45, 2.75) is 52.5 Å². The highest BCUT2D eigenvalue weighted by Gasteiger charge is 2.17. The fourth-order valence-corrected chi connectivity index (χ4v) is 2.84. The number of carbonyl (C=O) groups is 1. The summed E-state index contributed by atoms with van der Waals surface area (Å²) < 4.78 is 11.3. The number of amides is 1. The van der Waals surface area contributed by atoms with Crippen molar-refractivity contribution < 1.29 is 14.3 Å². The van der Waals surface area contributed by atoms with Gasteiger partial charge in [0.25, 0.3) is 0 Å². The summed E-state index contributed by atoms with van der Waals surface area (Å²) in [6, 6.07) is 3.82. The lowest BCUT2D eigenvalue weighted by Crippen LogP contribution is -2.33. The molecule has 5 heteroatoms. The van der Waals surface area contributed by atoms with Crippen molar-refractivity contribution in [3.05, 3.63) is 22.7 Å². The Kier molecular flexibility index (Phi) is 6.58. The lowest BCUT2D eigenvalue weighted by molar-refractivity contribution is -0.121. The van der Waals surface area contributed by atoms with Crippen LogP contribution in [-0.2, 0) is 11.2 Å². The molecule has 0 radical (unpaired) electrons. The number of hydrogen-bond acceptors (Lipinski definition) is 3. The van der Waals surface area contributed by atoms with Gasteiger partial charge in [-0.3, -0.25) is 4.79 Å². The molecule has 0 saturated heterocycles. The van der Waals surface area contributed by atoms with Crippen LogP contribution in [0.4, 0.5) is 0 Å². The molecule has 1 atom stereocenters. The van der Waals surface area contributed by atoms with Crippen LogP contribution in [-0.4, -0.2) is 25.2 Å². The summed E-state index contributed by atoms with van der Waals surface area (Å²) in [4.78, 5) is 12.2. The molecule has 2 rings (SSSR count). The van der Waals surface area contributed by atoms with Gasteiger partial charge in [-0.25, -0.2) is 0 Å². The molecule has 0 bridgehead atoms. The average molecular weight is 340 g/mol. The topological polar surface area (TPSA) is 47.6 Å². The molecule has 128 valence electrons. The number of hydrogen-bond donors (Lipinski definition) is 1. The van der Waals surface area contributed by atoms with Crippen LogP contribution in [0.3, 0.4) is 0 Å². The summed E-state index contributed by atoms with van der Waals surface area (Å²) in [7, 11) is 0. The van der Waals surface area contributed by atoms with E-state index in [4.69, 9.17) is 21.1 Å². The smallest absolute Gasteiger partial charge is 0.224 e. The minimum atomic E-state index is 0.00631. The molecule has 0 aromatic heterocycles. The Balaban J connectivity index is 1.96. The normalized spacial score (nSPS) is 15.2. The quantitative estimate of drug-likeness (QED) is 0.852. The van der Waals surface area contributed by atoms with Crippen LogP contribution in [0.5, 0.6) is 11.5 Å². The van der Waals surface area contributed by atoms with Gasteiger partial charge in [0, 0.05) is 12.5 Å². The minimum Gasteiger partial charge on any atom is -0.489 e. The first-order chi connectivity index (χ1) is 11.0. The molecule has 1 heterocycles. The van der Waals surface area contributed by atoms with Gasteiger partial charge >= 0.3 is 0 Å². The van der Waals surface area contributed by atoms with E-state index in [2.05, 4.69) is 19.2 Å². The van der Waals surface area contributed by atoms with Crippen molar-refractivity contribution in [2.75, 3.05) is 13.2 Å².